The predicted molar refractivity (Wildman–Crippen MR) is 65.4 cm³/mol. The molecular formula is C13H18N2O2. The zero-order valence-corrected chi connectivity index (χ0v) is 10.0. The molecule has 0 aromatic heterocycles. The Labute approximate surface area is 102 Å². The first-order valence-corrected chi connectivity index (χ1v) is 5.62. The highest BCUT2D eigenvalue weighted by Crippen LogP contribution is 2.03. The maximum Gasteiger partial charge on any atom is 0.0991 e. The highest BCUT2D eigenvalue weighted by molar-refractivity contribution is 5.31. The molecule has 1 rings (SSSR count). The maximum atomic E-state index is 9.15. The lowest BCUT2D eigenvalue weighted by molar-refractivity contribution is 0.159. The predicted octanol–water partition coefficient (Wildman–Crippen LogP) is 1.05. The van der Waals surface area contributed by atoms with Crippen molar-refractivity contribution in [3.05, 3.63) is 35.4 Å². The number of ether oxygens (including phenoxy) is 1. The Morgan fingerprint density at radius 1 is 1.41 bits per heavy atom. The third kappa shape index (κ3) is 4.96. The van der Waals surface area contributed by atoms with Crippen LogP contribution in [-0.4, -0.2) is 31.5 Å². The summed E-state index contributed by atoms with van der Waals surface area (Å²) in [4.78, 5) is 0. The Bertz CT molecular complexity index is 357. The van der Waals surface area contributed by atoms with Gasteiger partial charge in [-0.15, -0.1) is 0 Å². The number of nitrogens with zero attached hydrogens (tertiary/aromatic N) is 1. The van der Waals surface area contributed by atoms with Crippen molar-refractivity contribution in [1.82, 2.24) is 5.32 Å². The summed E-state index contributed by atoms with van der Waals surface area (Å²) in [5.74, 6) is 0. The van der Waals surface area contributed by atoms with E-state index < -0.39 is 0 Å². The number of benzene rings is 1. The van der Waals surface area contributed by atoms with Gasteiger partial charge in [-0.2, -0.15) is 5.26 Å². The van der Waals surface area contributed by atoms with E-state index in [2.05, 4.69) is 11.4 Å². The van der Waals surface area contributed by atoms with Crippen LogP contribution in [-0.2, 0) is 11.3 Å². The zero-order valence-electron chi connectivity index (χ0n) is 10.0. The van der Waals surface area contributed by atoms with Gasteiger partial charge in [0.25, 0.3) is 0 Å². The smallest absolute Gasteiger partial charge is 0.0991 e. The van der Waals surface area contributed by atoms with E-state index in [4.69, 9.17) is 15.1 Å². The fourth-order valence-corrected chi connectivity index (χ4v) is 1.48. The van der Waals surface area contributed by atoms with Crippen LogP contribution in [0.3, 0.4) is 0 Å². The molecule has 0 heterocycles. The largest absolute Gasteiger partial charge is 0.395 e. The summed E-state index contributed by atoms with van der Waals surface area (Å²) >= 11 is 0. The van der Waals surface area contributed by atoms with Crippen molar-refractivity contribution in [3.8, 4) is 6.07 Å². The second kappa shape index (κ2) is 7.80. The molecule has 4 heteroatoms. The molecule has 0 aliphatic carbocycles. The van der Waals surface area contributed by atoms with Crippen molar-refractivity contribution >= 4 is 0 Å². The normalized spacial score (nSPS) is 12.1. The molecule has 0 bridgehead atoms. The van der Waals surface area contributed by atoms with Crippen molar-refractivity contribution in [2.45, 2.75) is 19.0 Å². The topological polar surface area (TPSA) is 65.3 Å². The lowest BCUT2D eigenvalue weighted by Crippen LogP contribution is -2.33. The van der Waals surface area contributed by atoms with Gasteiger partial charge in [0.05, 0.1) is 18.2 Å². The molecule has 1 aromatic rings. The van der Waals surface area contributed by atoms with Gasteiger partial charge in [0.15, 0.2) is 0 Å². The summed E-state index contributed by atoms with van der Waals surface area (Å²) in [5, 5.41) is 21.1. The van der Waals surface area contributed by atoms with Crippen LogP contribution in [0.25, 0.3) is 0 Å². The fourth-order valence-electron chi connectivity index (χ4n) is 1.48. The SMILES string of the molecule is COCCC(CO)NCc1ccc(C#N)cc1. The monoisotopic (exact) mass is 234 g/mol. The average molecular weight is 234 g/mol. The minimum Gasteiger partial charge on any atom is -0.395 e. The van der Waals surface area contributed by atoms with Gasteiger partial charge in [-0.3, -0.25) is 0 Å². The molecule has 0 spiro atoms. The van der Waals surface area contributed by atoms with Gasteiger partial charge in [-0.1, -0.05) is 12.1 Å². The van der Waals surface area contributed by atoms with Crippen LogP contribution >= 0.6 is 0 Å². The molecule has 0 fully saturated rings. The fraction of sp³-hybridized carbons (Fsp3) is 0.462. The molecule has 2 N–H and O–H groups in total. The van der Waals surface area contributed by atoms with E-state index in [0.717, 1.165) is 12.0 Å². The van der Waals surface area contributed by atoms with Crippen LogP contribution < -0.4 is 5.32 Å². The minimum atomic E-state index is 0.0468. The summed E-state index contributed by atoms with van der Waals surface area (Å²) in [6, 6.07) is 9.54. The summed E-state index contributed by atoms with van der Waals surface area (Å²) < 4.78 is 4.97. The van der Waals surface area contributed by atoms with E-state index in [1.54, 1.807) is 19.2 Å². The molecule has 1 aromatic carbocycles. The number of nitrogens with one attached hydrogen (secondary N) is 1. The van der Waals surface area contributed by atoms with Crippen molar-refractivity contribution in [3.63, 3.8) is 0 Å². The van der Waals surface area contributed by atoms with Gasteiger partial charge in [0, 0.05) is 26.3 Å². The lowest BCUT2D eigenvalue weighted by atomic mass is 10.1. The van der Waals surface area contributed by atoms with Crippen molar-refractivity contribution in [1.29, 1.82) is 5.26 Å². The summed E-state index contributed by atoms with van der Waals surface area (Å²) in [6.07, 6.45) is 0.781. The Morgan fingerprint density at radius 3 is 2.65 bits per heavy atom. The Morgan fingerprint density at radius 2 is 2.12 bits per heavy atom. The summed E-state index contributed by atoms with van der Waals surface area (Å²) in [6.45, 7) is 1.41. The van der Waals surface area contributed by atoms with E-state index >= 15 is 0 Å². The standard InChI is InChI=1S/C13H18N2O2/c1-17-7-6-13(10-16)15-9-12-4-2-11(8-14)3-5-12/h2-5,13,15-16H,6-7,9-10H2,1H3. The van der Waals surface area contributed by atoms with Crippen LogP contribution in [0.5, 0.6) is 0 Å². The third-order valence-electron chi connectivity index (χ3n) is 2.57. The Balaban J connectivity index is 2.40. The molecule has 0 aliphatic heterocycles. The van der Waals surface area contributed by atoms with Crippen molar-refractivity contribution < 1.29 is 9.84 Å². The van der Waals surface area contributed by atoms with Crippen LogP contribution in [0.1, 0.15) is 17.5 Å². The van der Waals surface area contributed by atoms with E-state index in [1.165, 1.54) is 0 Å². The van der Waals surface area contributed by atoms with Crippen LogP contribution in [0.15, 0.2) is 24.3 Å². The van der Waals surface area contributed by atoms with Gasteiger partial charge >= 0.3 is 0 Å². The van der Waals surface area contributed by atoms with Gasteiger partial charge in [0.2, 0.25) is 0 Å². The maximum absolute atomic E-state index is 9.15. The molecule has 0 aliphatic rings. The average Bonchev–Trinajstić information content (AvgIpc) is 2.39. The molecule has 0 radical (unpaired) electrons. The number of aliphatic hydroxyl groups is 1. The summed E-state index contributed by atoms with van der Waals surface area (Å²) in [7, 11) is 1.65. The number of nitriles is 1. The van der Waals surface area contributed by atoms with Crippen LogP contribution in [0.4, 0.5) is 0 Å². The minimum absolute atomic E-state index is 0.0468. The van der Waals surface area contributed by atoms with E-state index in [0.29, 0.717) is 18.7 Å². The first kappa shape index (κ1) is 13.7. The molecule has 0 amide bonds. The number of hydrogen-bond acceptors (Lipinski definition) is 4. The first-order valence-electron chi connectivity index (χ1n) is 5.62. The third-order valence-corrected chi connectivity index (χ3v) is 2.57. The van der Waals surface area contributed by atoms with E-state index in [9.17, 15) is 0 Å². The van der Waals surface area contributed by atoms with E-state index in [-0.39, 0.29) is 12.6 Å². The highest BCUT2D eigenvalue weighted by atomic mass is 16.5. The van der Waals surface area contributed by atoms with Gasteiger partial charge in [0.1, 0.15) is 0 Å². The summed E-state index contributed by atoms with van der Waals surface area (Å²) in [5.41, 5.74) is 1.76. The molecular weight excluding hydrogens is 216 g/mol. The van der Waals surface area contributed by atoms with Gasteiger partial charge < -0.3 is 15.2 Å². The molecule has 1 atom stereocenters. The Hall–Kier alpha value is -1.41. The van der Waals surface area contributed by atoms with Crippen molar-refractivity contribution in [2.75, 3.05) is 20.3 Å². The second-order valence-corrected chi connectivity index (χ2v) is 3.85. The zero-order chi connectivity index (χ0) is 12.5. The molecule has 92 valence electrons. The van der Waals surface area contributed by atoms with Crippen LogP contribution in [0, 0.1) is 11.3 Å². The molecule has 0 saturated carbocycles. The molecule has 0 saturated heterocycles. The first-order chi connectivity index (χ1) is 8.30. The quantitative estimate of drug-likeness (QED) is 0.740. The Kier molecular flexibility index (Phi) is 6.26. The number of rotatable bonds is 7. The highest BCUT2D eigenvalue weighted by Gasteiger charge is 2.06. The van der Waals surface area contributed by atoms with Gasteiger partial charge in [-0.25, -0.2) is 0 Å². The van der Waals surface area contributed by atoms with Crippen LogP contribution in [0.2, 0.25) is 0 Å². The number of aliphatic hydroxyl groups excluding tert-OH is 1. The van der Waals surface area contributed by atoms with E-state index in [1.807, 2.05) is 12.1 Å². The number of methoxy groups -OCH3 is 1. The number of hydrogen-bond donors (Lipinski definition) is 2. The molecule has 17 heavy (non-hydrogen) atoms. The van der Waals surface area contributed by atoms with Crippen molar-refractivity contribution in [2.24, 2.45) is 0 Å². The lowest BCUT2D eigenvalue weighted by Gasteiger charge is -2.15. The second-order valence-electron chi connectivity index (χ2n) is 3.85. The molecule has 4 nitrogen and oxygen atoms in total. The molecule has 1 unspecified atom stereocenters. The van der Waals surface area contributed by atoms with Gasteiger partial charge in [-0.05, 0) is 24.1 Å².